The number of thiophene rings is 1. The number of ether oxygens (including phenoxy) is 1. The zero-order valence-electron chi connectivity index (χ0n) is 18.6. The summed E-state index contributed by atoms with van der Waals surface area (Å²) in [4.78, 5) is 22.1. The van der Waals surface area contributed by atoms with Gasteiger partial charge in [-0.25, -0.2) is 13.4 Å². The first kappa shape index (κ1) is 23.8. The zero-order chi connectivity index (χ0) is 23.9. The summed E-state index contributed by atoms with van der Waals surface area (Å²) in [5, 5.41) is 0.927. The molecule has 8 nitrogen and oxygen atoms in total. The summed E-state index contributed by atoms with van der Waals surface area (Å²) in [5.41, 5.74) is 0.860. The first-order chi connectivity index (χ1) is 16.4. The molecule has 0 radical (unpaired) electrons. The number of amides is 1. The molecular weight excluding hydrogens is 516 g/mol. The Balaban J connectivity index is 1.23. The van der Waals surface area contributed by atoms with Crippen molar-refractivity contribution in [3.8, 4) is 5.75 Å². The van der Waals surface area contributed by atoms with Gasteiger partial charge in [-0.1, -0.05) is 29.0 Å². The largest absolute Gasteiger partial charge is 0.494 e. The molecule has 34 heavy (non-hydrogen) atoms. The molecule has 182 valence electrons. The van der Waals surface area contributed by atoms with Crippen LogP contribution in [-0.4, -0.2) is 74.9 Å². The summed E-state index contributed by atoms with van der Waals surface area (Å²) >= 11 is 8.61. The van der Waals surface area contributed by atoms with E-state index in [0.717, 1.165) is 32.4 Å². The minimum absolute atomic E-state index is 0.0368. The van der Waals surface area contributed by atoms with Crippen LogP contribution in [0.25, 0.3) is 10.2 Å². The highest BCUT2D eigenvalue weighted by Crippen LogP contribution is 2.35. The lowest BCUT2D eigenvalue weighted by Crippen LogP contribution is -2.53. The molecule has 4 heterocycles. The Hall–Kier alpha value is -1.92. The maximum Gasteiger partial charge on any atom is 0.252 e. The van der Waals surface area contributed by atoms with Crippen LogP contribution in [0.4, 0.5) is 5.13 Å². The van der Waals surface area contributed by atoms with Crippen molar-refractivity contribution in [3.63, 3.8) is 0 Å². The number of fused-ring (bicyclic) bond motifs is 1. The summed E-state index contributed by atoms with van der Waals surface area (Å²) in [6, 6.07) is 9.02. The number of carbonyl (C=O) groups is 1. The lowest BCUT2D eigenvalue weighted by atomic mass is 9.98. The predicted octanol–water partition coefficient (Wildman–Crippen LogP) is 3.77. The van der Waals surface area contributed by atoms with Crippen LogP contribution in [0.15, 0.2) is 34.5 Å². The third-order valence-corrected chi connectivity index (χ3v) is 11.0. The maximum absolute atomic E-state index is 13.3. The molecular formula is C22H25ClN4O4S3. The second-order valence-corrected chi connectivity index (χ2v) is 13.3. The third-order valence-electron chi connectivity index (χ3n) is 6.33. The Bertz CT molecular complexity index is 1300. The first-order valence-corrected chi connectivity index (χ1v) is 14.5. The molecule has 1 amide bonds. The number of carbonyl (C=O) groups excluding carboxylic acids is 1. The van der Waals surface area contributed by atoms with Crippen molar-refractivity contribution in [3.05, 3.63) is 34.7 Å². The van der Waals surface area contributed by atoms with E-state index in [0.29, 0.717) is 49.9 Å². The van der Waals surface area contributed by atoms with E-state index < -0.39 is 10.0 Å². The fourth-order valence-corrected chi connectivity index (χ4v) is 8.71. The van der Waals surface area contributed by atoms with Gasteiger partial charge >= 0.3 is 0 Å². The average molecular weight is 541 g/mol. The summed E-state index contributed by atoms with van der Waals surface area (Å²) < 4.78 is 34.6. The molecule has 2 aliphatic heterocycles. The highest BCUT2D eigenvalue weighted by Gasteiger charge is 2.36. The number of hydrogen-bond donors (Lipinski definition) is 0. The molecule has 1 aromatic carbocycles. The van der Waals surface area contributed by atoms with Gasteiger partial charge in [0.2, 0.25) is 5.91 Å². The van der Waals surface area contributed by atoms with E-state index in [-0.39, 0.29) is 22.6 Å². The highest BCUT2D eigenvalue weighted by atomic mass is 35.5. The number of piperidine rings is 1. The number of piperazine rings is 1. The van der Waals surface area contributed by atoms with Crippen molar-refractivity contribution in [1.29, 1.82) is 0 Å². The second kappa shape index (κ2) is 9.62. The fraction of sp³-hybridized carbons (Fsp3) is 0.455. The lowest BCUT2D eigenvalue weighted by Gasteiger charge is -2.38. The van der Waals surface area contributed by atoms with Crippen LogP contribution in [0, 0.1) is 5.92 Å². The molecule has 2 saturated heterocycles. The number of rotatable bonds is 5. The Morgan fingerprint density at radius 1 is 1.12 bits per heavy atom. The number of thiazole rings is 1. The van der Waals surface area contributed by atoms with Crippen LogP contribution in [0.1, 0.15) is 12.8 Å². The fourth-order valence-electron chi connectivity index (χ4n) is 4.51. The molecule has 1 unspecified atom stereocenters. The highest BCUT2D eigenvalue weighted by molar-refractivity contribution is 7.91. The number of nitrogens with zero attached hydrogens (tertiary/aromatic N) is 4. The van der Waals surface area contributed by atoms with Crippen LogP contribution in [0.5, 0.6) is 5.75 Å². The molecule has 2 fully saturated rings. The van der Waals surface area contributed by atoms with E-state index in [2.05, 4.69) is 4.90 Å². The lowest BCUT2D eigenvalue weighted by molar-refractivity contribution is -0.137. The van der Waals surface area contributed by atoms with Crippen molar-refractivity contribution in [2.24, 2.45) is 5.92 Å². The van der Waals surface area contributed by atoms with E-state index in [9.17, 15) is 13.2 Å². The number of halogens is 1. The SMILES string of the molecule is COc1cccc2sc(N3CCN(C(=O)C4CCCN(S(=O)(=O)c5ccc(Cl)s5)C4)CC3)nc12. The summed E-state index contributed by atoms with van der Waals surface area (Å²) in [7, 11) is -1.99. The molecule has 0 N–H and O–H groups in total. The summed E-state index contributed by atoms with van der Waals surface area (Å²) in [5.74, 6) is 0.474. The van der Waals surface area contributed by atoms with Crippen molar-refractivity contribution in [1.82, 2.24) is 14.2 Å². The van der Waals surface area contributed by atoms with Gasteiger partial charge in [0.25, 0.3) is 10.0 Å². The zero-order valence-corrected chi connectivity index (χ0v) is 21.9. The van der Waals surface area contributed by atoms with Gasteiger partial charge in [-0.05, 0) is 37.1 Å². The molecule has 3 aromatic rings. The summed E-state index contributed by atoms with van der Waals surface area (Å²) in [6.45, 7) is 3.21. The number of hydrogen-bond acceptors (Lipinski definition) is 8. The maximum atomic E-state index is 13.3. The second-order valence-electron chi connectivity index (χ2n) is 8.38. The van der Waals surface area contributed by atoms with Crippen molar-refractivity contribution in [2.45, 2.75) is 17.1 Å². The quantitative estimate of drug-likeness (QED) is 0.490. The predicted molar refractivity (Wildman–Crippen MR) is 136 cm³/mol. The molecule has 2 aromatic heterocycles. The third kappa shape index (κ3) is 4.51. The van der Waals surface area contributed by atoms with E-state index in [1.165, 1.54) is 10.4 Å². The van der Waals surface area contributed by atoms with E-state index in [1.54, 1.807) is 24.5 Å². The monoisotopic (exact) mass is 540 g/mol. The molecule has 0 saturated carbocycles. The van der Waals surface area contributed by atoms with Gasteiger partial charge in [0.1, 0.15) is 15.5 Å². The van der Waals surface area contributed by atoms with Gasteiger partial charge in [0.15, 0.2) is 5.13 Å². The van der Waals surface area contributed by atoms with Gasteiger partial charge in [0, 0.05) is 39.3 Å². The smallest absolute Gasteiger partial charge is 0.252 e. The Morgan fingerprint density at radius 2 is 1.91 bits per heavy atom. The van der Waals surface area contributed by atoms with Crippen LogP contribution in [0.2, 0.25) is 4.34 Å². The van der Waals surface area contributed by atoms with Crippen molar-refractivity contribution in [2.75, 3.05) is 51.3 Å². The van der Waals surface area contributed by atoms with Crippen LogP contribution < -0.4 is 9.64 Å². The van der Waals surface area contributed by atoms with E-state index in [1.807, 2.05) is 23.1 Å². The molecule has 0 aliphatic carbocycles. The molecule has 1 atom stereocenters. The van der Waals surface area contributed by atoms with Gasteiger partial charge in [0.05, 0.1) is 22.1 Å². The number of methoxy groups -OCH3 is 1. The number of benzene rings is 1. The van der Waals surface area contributed by atoms with E-state index in [4.69, 9.17) is 21.3 Å². The van der Waals surface area contributed by atoms with E-state index >= 15 is 0 Å². The number of sulfonamides is 1. The standard InChI is InChI=1S/C22H25ClN4O4S3/c1-31-16-5-2-6-17-20(16)24-22(32-17)26-12-10-25(11-13-26)21(28)15-4-3-9-27(14-15)34(29,30)19-8-7-18(23)33-19/h2,5-8,15H,3-4,9-14H2,1H3. The van der Waals surface area contributed by atoms with Gasteiger partial charge < -0.3 is 14.5 Å². The first-order valence-electron chi connectivity index (χ1n) is 11.1. The molecule has 5 rings (SSSR count). The molecule has 0 bridgehead atoms. The van der Waals surface area contributed by atoms with Crippen LogP contribution in [0.3, 0.4) is 0 Å². The Morgan fingerprint density at radius 3 is 2.62 bits per heavy atom. The van der Waals surface area contributed by atoms with Crippen LogP contribution in [-0.2, 0) is 14.8 Å². The van der Waals surface area contributed by atoms with Crippen molar-refractivity contribution < 1.29 is 17.9 Å². The number of para-hydroxylation sites is 1. The molecule has 2 aliphatic rings. The van der Waals surface area contributed by atoms with Gasteiger partial charge in [-0.2, -0.15) is 4.31 Å². The number of aromatic nitrogens is 1. The Kier molecular flexibility index (Phi) is 6.73. The topological polar surface area (TPSA) is 83.0 Å². The minimum atomic E-state index is -3.63. The molecule has 12 heteroatoms. The average Bonchev–Trinajstić information content (AvgIpc) is 3.50. The van der Waals surface area contributed by atoms with Crippen molar-refractivity contribution >= 4 is 65.6 Å². The van der Waals surface area contributed by atoms with Crippen LogP contribution >= 0.6 is 34.3 Å². The minimum Gasteiger partial charge on any atom is -0.494 e. The van der Waals surface area contributed by atoms with Gasteiger partial charge in [-0.15, -0.1) is 11.3 Å². The number of anilines is 1. The molecule has 0 spiro atoms. The Labute approximate surface area is 211 Å². The summed E-state index contributed by atoms with van der Waals surface area (Å²) in [6.07, 6.45) is 1.37. The normalized spacial score (nSPS) is 20.1. The van der Waals surface area contributed by atoms with Gasteiger partial charge in [-0.3, -0.25) is 4.79 Å².